The maximum Gasteiger partial charge on any atom is 0.0725 e. The van der Waals surface area contributed by atoms with Gasteiger partial charge in [0, 0.05) is 12.1 Å². The quantitative estimate of drug-likeness (QED) is 0.800. The fourth-order valence-corrected chi connectivity index (χ4v) is 2.17. The Hall–Kier alpha value is -0.900. The lowest BCUT2D eigenvalue weighted by molar-refractivity contribution is 0.133. The first-order valence-corrected chi connectivity index (χ1v) is 7.06. The molecule has 0 spiro atoms. The molecule has 0 saturated carbocycles. The van der Waals surface area contributed by atoms with Crippen molar-refractivity contribution in [3.63, 3.8) is 0 Å². The predicted molar refractivity (Wildman–Crippen MR) is 77.2 cm³/mol. The normalized spacial score (nSPS) is 14.7. The molecule has 0 bridgehead atoms. The summed E-state index contributed by atoms with van der Waals surface area (Å²) in [6.07, 6.45) is 0.975. The van der Waals surface area contributed by atoms with Gasteiger partial charge in [-0.05, 0) is 43.9 Å². The monoisotopic (exact) mass is 263 g/mol. The van der Waals surface area contributed by atoms with E-state index in [4.69, 9.17) is 9.47 Å². The number of rotatable bonds is 6. The Balaban J connectivity index is 1.63. The lowest BCUT2D eigenvalue weighted by atomic mass is 10.0. The molecule has 1 heterocycles. The minimum atomic E-state index is 0.170. The number of fused-ring (bicyclic) bond motifs is 1. The van der Waals surface area contributed by atoms with Crippen LogP contribution < -0.4 is 5.32 Å². The molecule has 19 heavy (non-hydrogen) atoms. The number of benzene rings is 1. The Kier molecular flexibility index (Phi) is 4.97. The molecule has 1 aromatic carbocycles. The third kappa shape index (κ3) is 4.94. The largest absolute Gasteiger partial charge is 0.380 e. The second-order valence-electron chi connectivity index (χ2n) is 6.14. The molecule has 0 aliphatic carbocycles. The van der Waals surface area contributed by atoms with Crippen molar-refractivity contribution in [3.05, 3.63) is 34.9 Å². The Morgan fingerprint density at radius 3 is 2.74 bits per heavy atom. The van der Waals surface area contributed by atoms with Crippen LogP contribution in [-0.2, 0) is 29.1 Å². The van der Waals surface area contributed by atoms with E-state index in [1.54, 1.807) is 0 Å². The molecule has 2 rings (SSSR count). The lowest BCUT2D eigenvalue weighted by Crippen LogP contribution is -2.38. The molecule has 1 aromatic rings. The summed E-state index contributed by atoms with van der Waals surface area (Å²) in [6.45, 7) is 10.5. The minimum absolute atomic E-state index is 0.170. The van der Waals surface area contributed by atoms with Crippen molar-refractivity contribution in [1.29, 1.82) is 0 Å². The fourth-order valence-electron chi connectivity index (χ4n) is 2.17. The molecule has 1 aliphatic rings. The van der Waals surface area contributed by atoms with Crippen LogP contribution in [0.1, 0.15) is 37.5 Å². The minimum Gasteiger partial charge on any atom is -0.380 e. The van der Waals surface area contributed by atoms with Gasteiger partial charge in [-0.2, -0.15) is 0 Å². The van der Waals surface area contributed by atoms with Crippen molar-refractivity contribution in [1.82, 2.24) is 5.32 Å². The molecule has 0 fully saturated rings. The van der Waals surface area contributed by atoms with Gasteiger partial charge in [-0.25, -0.2) is 0 Å². The predicted octanol–water partition coefficient (Wildman–Crippen LogP) is 2.66. The summed E-state index contributed by atoms with van der Waals surface area (Å²) in [7, 11) is 0. The number of ether oxygens (including phenoxy) is 2. The Bertz CT molecular complexity index is 410. The van der Waals surface area contributed by atoms with E-state index < -0.39 is 0 Å². The first-order valence-electron chi connectivity index (χ1n) is 7.06. The Labute approximate surface area is 116 Å². The van der Waals surface area contributed by atoms with Crippen molar-refractivity contribution in [2.75, 3.05) is 19.8 Å². The first-order chi connectivity index (χ1) is 9.04. The third-order valence-corrected chi connectivity index (χ3v) is 3.22. The smallest absolute Gasteiger partial charge is 0.0725 e. The Morgan fingerprint density at radius 1 is 1.16 bits per heavy atom. The van der Waals surface area contributed by atoms with E-state index in [1.165, 1.54) is 16.7 Å². The number of hydrogen-bond donors (Lipinski definition) is 1. The molecule has 0 aromatic heterocycles. The van der Waals surface area contributed by atoms with E-state index in [-0.39, 0.29) is 5.54 Å². The summed E-state index contributed by atoms with van der Waals surface area (Å²) < 4.78 is 11.1. The van der Waals surface area contributed by atoms with Crippen LogP contribution in [0.5, 0.6) is 0 Å². The average Bonchev–Trinajstić information content (AvgIpc) is 2.79. The van der Waals surface area contributed by atoms with Crippen LogP contribution in [0.25, 0.3) is 0 Å². The molecule has 0 atom stereocenters. The van der Waals surface area contributed by atoms with E-state index in [9.17, 15) is 0 Å². The molecular formula is C16H25NO2. The van der Waals surface area contributed by atoms with Crippen LogP contribution >= 0.6 is 0 Å². The van der Waals surface area contributed by atoms with Crippen LogP contribution in [-0.4, -0.2) is 25.3 Å². The molecule has 3 heteroatoms. The first kappa shape index (κ1) is 14.5. The van der Waals surface area contributed by atoms with Gasteiger partial charge in [-0.3, -0.25) is 0 Å². The van der Waals surface area contributed by atoms with Crippen LogP contribution in [0.3, 0.4) is 0 Å². The van der Waals surface area contributed by atoms with Gasteiger partial charge >= 0.3 is 0 Å². The Morgan fingerprint density at radius 2 is 1.95 bits per heavy atom. The molecule has 3 nitrogen and oxygen atoms in total. The lowest BCUT2D eigenvalue weighted by Gasteiger charge is -2.20. The maximum atomic E-state index is 5.66. The van der Waals surface area contributed by atoms with Crippen molar-refractivity contribution in [2.24, 2.45) is 0 Å². The summed E-state index contributed by atoms with van der Waals surface area (Å²) in [5.41, 5.74) is 4.18. The van der Waals surface area contributed by atoms with Crippen LogP contribution in [0.15, 0.2) is 18.2 Å². The van der Waals surface area contributed by atoms with Crippen molar-refractivity contribution in [2.45, 2.75) is 45.9 Å². The van der Waals surface area contributed by atoms with Crippen LogP contribution in [0, 0.1) is 0 Å². The highest BCUT2D eigenvalue weighted by Crippen LogP contribution is 2.20. The van der Waals surface area contributed by atoms with Crippen molar-refractivity contribution >= 4 is 0 Å². The zero-order valence-electron chi connectivity index (χ0n) is 12.3. The molecule has 1 aliphatic heterocycles. The maximum absolute atomic E-state index is 5.66. The highest BCUT2D eigenvalue weighted by atomic mass is 16.5. The van der Waals surface area contributed by atoms with Gasteiger partial charge in [0.05, 0.1) is 26.4 Å². The summed E-state index contributed by atoms with van der Waals surface area (Å²) >= 11 is 0. The second-order valence-corrected chi connectivity index (χ2v) is 6.14. The van der Waals surface area contributed by atoms with Gasteiger partial charge in [-0.1, -0.05) is 18.2 Å². The van der Waals surface area contributed by atoms with Crippen LogP contribution in [0.2, 0.25) is 0 Å². The van der Waals surface area contributed by atoms with Crippen LogP contribution in [0.4, 0.5) is 0 Å². The van der Waals surface area contributed by atoms with Gasteiger partial charge in [0.25, 0.3) is 0 Å². The fraction of sp³-hybridized carbons (Fsp3) is 0.625. The van der Waals surface area contributed by atoms with E-state index in [2.05, 4.69) is 44.3 Å². The summed E-state index contributed by atoms with van der Waals surface area (Å²) in [5, 5.41) is 3.41. The molecular weight excluding hydrogens is 238 g/mol. The van der Waals surface area contributed by atoms with E-state index >= 15 is 0 Å². The van der Waals surface area contributed by atoms with Gasteiger partial charge < -0.3 is 14.8 Å². The topological polar surface area (TPSA) is 30.5 Å². The number of hydrogen-bond acceptors (Lipinski definition) is 3. The third-order valence-electron chi connectivity index (χ3n) is 3.22. The molecule has 0 saturated heterocycles. The molecule has 0 amide bonds. The van der Waals surface area contributed by atoms with Crippen molar-refractivity contribution in [3.8, 4) is 0 Å². The highest BCUT2D eigenvalue weighted by molar-refractivity contribution is 5.33. The molecule has 0 radical (unpaired) electrons. The molecule has 106 valence electrons. The van der Waals surface area contributed by atoms with E-state index in [0.29, 0.717) is 0 Å². The average molecular weight is 263 g/mol. The standard InChI is InChI=1S/C16H25NO2/c1-16(2,3)17-7-9-18-8-6-13-4-5-14-11-19-12-15(14)10-13/h4-5,10,17H,6-9,11-12H2,1-3H3. The zero-order valence-corrected chi connectivity index (χ0v) is 12.3. The van der Waals surface area contributed by atoms with Gasteiger partial charge in [0.2, 0.25) is 0 Å². The van der Waals surface area contributed by atoms with E-state index in [0.717, 1.165) is 39.4 Å². The number of nitrogens with one attached hydrogen (secondary N) is 1. The SMILES string of the molecule is CC(C)(C)NCCOCCc1ccc2c(c1)COC2. The summed E-state index contributed by atoms with van der Waals surface area (Å²) in [5.74, 6) is 0. The highest BCUT2D eigenvalue weighted by Gasteiger charge is 2.11. The summed E-state index contributed by atoms with van der Waals surface area (Å²) in [6, 6.07) is 6.61. The molecule has 1 N–H and O–H groups in total. The summed E-state index contributed by atoms with van der Waals surface area (Å²) in [4.78, 5) is 0. The van der Waals surface area contributed by atoms with Gasteiger partial charge in [0.15, 0.2) is 0 Å². The van der Waals surface area contributed by atoms with Crippen molar-refractivity contribution < 1.29 is 9.47 Å². The second kappa shape index (κ2) is 6.51. The van der Waals surface area contributed by atoms with Gasteiger partial charge in [0.1, 0.15) is 0 Å². The van der Waals surface area contributed by atoms with E-state index in [1.807, 2.05) is 0 Å². The molecule has 0 unspecified atom stereocenters. The van der Waals surface area contributed by atoms with Gasteiger partial charge in [-0.15, -0.1) is 0 Å². The zero-order chi connectivity index (χ0) is 13.7.